The smallest absolute Gasteiger partial charge is 0.241 e. The normalized spacial score (nSPS) is 12.9. The van der Waals surface area contributed by atoms with Gasteiger partial charge in [-0.1, -0.05) is 48.5 Å². The molecule has 6 rings (SSSR count). The van der Waals surface area contributed by atoms with Gasteiger partial charge in [0.2, 0.25) is 11.8 Å². The van der Waals surface area contributed by atoms with E-state index in [9.17, 15) is 9.59 Å². The summed E-state index contributed by atoms with van der Waals surface area (Å²) < 4.78 is 7.54. The van der Waals surface area contributed by atoms with Crippen LogP contribution in [0.25, 0.3) is 16.5 Å². The lowest BCUT2D eigenvalue weighted by molar-refractivity contribution is -0.124. The van der Waals surface area contributed by atoms with Crippen molar-refractivity contribution in [2.24, 2.45) is 0 Å². The highest BCUT2D eigenvalue weighted by atomic mass is 35.5. The predicted molar refractivity (Wildman–Crippen MR) is 156 cm³/mol. The first-order valence-corrected chi connectivity index (χ1v) is 12.5. The minimum atomic E-state index is -0.315. The number of ether oxygens (including phenoxy) is 1. The van der Waals surface area contributed by atoms with Crippen LogP contribution >= 0.6 is 12.4 Å². The van der Waals surface area contributed by atoms with E-state index in [0.29, 0.717) is 17.1 Å². The Morgan fingerprint density at radius 2 is 1.62 bits per heavy atom. The molecule has 39 heavy (non-hydrogen) atoms. The van der Waals surface area contributed by atoms with Crippen LogP contribution in [-0.4, -0.2) is 28.5 Å². The zero-order valence-electron chi connectivity index (χ0n) is 21.3. The average Bonchev–Trinajstić information content (AvgIpc) is 3.37. The van der Waals surface area contributed by atoms with E-state index in [-0.39, 0.29) is 30.6 Å². The number of anilines is 3. The Morgan fingerprint density at radius 3 is 2.44 bits per heavy atom. The van der Waals surface area contributed by atoms with Crippen LogP contribution in [0.1, 0.15) is 17.8 Å². The first kappa shape index (κ1) is 26.0. The molecule has 4 aromatic carbocycles. The van der Waals surface area contributed by atoms with Crippen molar-refractivity contribution in [1.29, 1.82) is 0 Å². The third-order valence-corrected chi connectivity index (χ3v) is 6.89. The Morgan fingerprint density at radius 1 is 0.872 bits per heavy atom. The number of carbonyl (C=O) groups excluding carboxylic acids is 2. The molecule has 0 saturated heterocycles. The lowest BCUT2D eigenvalue weighted by atomic mass is 10.1. The number of para-hydroxylation sites is 1. The van der Waals surface area contributed by atoms with Gasteiger partial charge in [0.1, 0.15) is 18.0 Å². The fourth-order valence-electron chi connectivity index (χ4n) is 5.07. The maximum atomic E-state index is 13.2. The molecule has 1 N–H and O–H groups in total. The zero-order valence-corrected chi connectivity index (χ0v) is 22.2. The molecule has 0 saturated carbocycles. The number of halogens is 1. The fraction of sp³-hybridized carbons (Fsp3) is 0.129. The second-order valence-electron chi connectivity index (χ2n) is 9.18. The standard InChI is InChI=1S/C31H26N4O3.ClH/c1-38-27-9-5-3-7-22(27)11-17-28-32-18-19-34(28)23-12-14-24(15-13-23)35-26-16-10-21-6-2-4-8-25(21)31(26)33-29(36)20-30(35)37;/h2-10,12-16,18-19H,11,17,20H2,1H3,(H,33,36);1H. The summed E-state index contributed by atoms with van der Waals surface area (Å²) in [6, 6.07) is 27.5. The van der Waals surface area contributed by atoms with Gasteiger partial charge in [0, 0.05) is 35.6 Å². The Balaban J connectivity index is 0.00000308. The first-order valence-electron chi connectivity index (χ1n) is 12.5. The van der Waals surface area contributed by atoms with Crippen molar-refractivity contribution in [2.45, 2.75) is 19.3 Å². The Kier molecular flexibility index (Phi) is 7.34. The molecule has 1 aromatic heterocycles. The average molecular weight is 539 g/mol. The lowest BCUT2D eigenvalue weighted by Gasteiger charge is -2.23. The van der Waals surface area contributed by atoms with Gasteiger partial charge in [-0.05, 0) is 53.8 Å². The van der Waals surface area contributed by atoms with E-state index >= 15 is 0 Å². The van der Waals surface area contributed by atoms with Crippen LogP contribution in [0, 0.1) is 0 Å². The molecule has 1 aliphatic rings. The van der Waals surface area contributed by atoms with E-state index in [4.69, 9.17) is 4.74 Å². The van der Waals surface area contributed by atoms with Crippen LogP contribution < -0.4 is 15.0 Å². The highest BCUT2D eigenvalue weighted by molar-refractivity contribution is 6.21. The molecule has 0 atom stereocenters. The summed E-state index contributed by atoms with van der Waals surface area (Å²) in [5.41, 5.74) is 4.08. The van der Waals surface area contributed by atoms with Crippen molar-refractivity contribution in [1.82, 2.24) is 9.55 Å². The first-order chi connectivity index (χ1) is 18.6. The van der Waals surface area contributed by atoms with Crippen molar-refractivity contribution >= 4 is 52.1 Å². The number of methoxy groups -OCH3 is 1. The third kappa shape index (κ3) is 4.96. The molecule has 8 heteroatoms. The molecule has 0 aliphatic carbocycles. The van der Waals surface area contributed by atoms with Gasteiger partial charge in [0.05, 0.1) is 18.5 Å². The zero-order chi connectivity index (χ0) is 26.1. The number of nitrogens with zero attached hydrogens (tertiary/aromatic N) is 3. The molecule has 5 aromatic rings. The largest absolute Gasteiger partial charge is 0.496 e. The van der Waals surface area contributed by atoms with E-state index < -0.39 is 0 Å². The number of rotatable bonds is 6. The van der Waals surface area contributed by atoms with E-state index in [1.165, 1.54) is 0 Å². The summed E-state index contributed by atoms with van der Waals surface area (Å²) in [7, 11) is 1.68. The van der Waals surface area contributed by atoms with Gasteiger partial charge in [-0.2, -0.15) is 0 Å². The Hall–Kier alpha value is -4.62. The molecule has 2 amide bonds. The SMILES string of the molecule is COc1ccccc1CCc1nccn1-c1ccc(N2C(=O)CC(=O)Nc3c2ccc2ccccc32)cc1.Cl. The highest BCUT2D eigenvalue weighted by Gasteiger charge is 2.28. The van der Waals surface area contributed by atoms with E-state index in [2.05, 4.69) is 20.9 Å². The molecule has 0 fully saturated rings. The summed E-state index contributed by atoms with van der Waals surface area (Å²) in [5, 5.41) is 4.84. The minimum absolute atomic E-state index is 0. The molecular weight excluding hydrogens is 512 g/mol. The van der Waals surface area contributed by atoms with Gasteiger partial charge in [-0.25, -0.2) is 4.98 Å². The number of aryl methyl sites for hydroxylation is 2. The maximum Gasteiger partial charge on any atom is 0.241 e. The van der Waals surface area contributed by atoms with Gasteiger partial charge < -0.3 is 14.6 Å². The summed E-state index contributed by atoms with van der Waals surface area (Å²) in [5.74, 6) is 1.22. The topological polar surface area (TPSA) is 76.5 Å². The van der Waals surface area contributed by atoms with Gasteiger partial charge >= 0.3 is 0 Å². The van der Waals surface area contributed by atoms with Gasteiger partial charge in [0.25, 0.3) is 0 Å². The molecular formula is C31H27ClN4O3. The van der Waals surface area contributed by atoms with E-state index in [1.807, 2.05) is 85.1 Å². The van der Waals surface area contributed by atoms with Crippen molar-refractivity contribution in [3.8, 4) is 11.4 Å². The van der Waals surface area contributed by atoms with Crippen molar-refractivity contribution in [3.63, 3.8) is 0 Å². The lowest BCUT2D eigenvalue weighted by Crippen LogP contribution is -2.26. The van der Waals surface area contributed by atoms with Crippen LogP contribution in [0.4, 0.5) is 17.1 Å². The van der Waals surface area contributed by atoms with Crippen LogP contribution in [-0.2, 0) is 22.4 Å². The summed E-state index contributed by atoms with van der Waals surface area (Å²) in [6.45, 7) is 0. The number of fused-ring (bicyclic) bond motifs is 3. The number of carbonyl (C=O) groups is 2. The Bertz CT molecular complexity index is 1660. The number of hydrogen-bond acceptors (Lipinski definition) is 4. The predicted octanol–water partition coefficient (Wildman–Crippen LogP) is 6.25. The maximum absolute atomic E-state index is 13.2. The second kappa shape index (κ2) is 11.0. The van der Waals surface area contributed by atoms with Crippen molar-refractivity contribution < 1.29 is 14.3 Å². The number of aromatic nitrogens is 2. The molecule has 196 valence electrons. The van der Waals surface area contributed by atoms with Crippen LogP contribution in [0.15, 0.2) is 97.3 Å². The summed E-state index contributed by atoms with van der Waals surface area (Å²) >= 11 is 0. The van der Waals surface area contributed by atoms with Crippen LogP contribution in [0.3, 0.4) is 0 Å². The molecule has 0 unspecified atom stereocenters. The minimum Gasteiger partial charge on any atom is -0.496 e. The number of hydrogen-bond donors (Lipinski definition) is 1. The van der Waals surface area contributed by atoms with Gasteiger partial charge in [0.15, 0.2) is 0 Å². The quantitative estimate of drug-likeness (QED) is 0.259. The second-order valence-corrected chi connectivity index (χ2v) is 9.18. The number of imidazole rings is 1. The molecule has 1 aliphatic heterocycles. The van der Waals surface area contributed by atoms with Crippen molar-refractivity contribution in [3.05, 3.63) is 109 Å². The van der Waals surface area contributed by atoms with Crippen molar-refractivity contribution in [2.75, 3.05) is 17.3 Å². The van der Waals surface area contributed by atoms with Crippen LogP contribution in [0.5, 0.6) is 5.75 Å². The fourth-order valence-corrected chi connectivity index (χ4v) is 5.07. The monoisotopic (exact) mass is 538 g/mol. The number of benzene rings is 4. The molecule has 2 heterocycles. The summed E-state index contributed by atoms with van der Waals surface area (Å²) in [4.78, 5) is 32.0. The molecule has 0 bridgehead atoms. The molecule has 7 nitrogen and oxygen atoms in total. The molecule has 0 radical (unpaired) electrons. The van der Waals surface area contributed by atoms with E-state index in [1.54, 1.807) is 18.2 Å². The van der Waals surface area contributed by atoms with Gasteiger partial charge in [-0.3, -0.25) is 14.5 Å². The summed E-state index contributed by atoms with van der Waals surface area (Å²) in [6.07, 6.45) is 5.05. The highest BCUT2D eigenvalue weighted by Crippen LogP contribution is 2.40. The number of nitrogens with one attached hydrogen (secondary N) is 1. The van der Waals surface area contributed by atoms with Crippen LogP contribution in [0.2, 0.25) is 0 Å². The number of amides is 2. The van der Waals surface area contributed by atoms with Gasteiger partial charge in [-0.15, -0.1) is 12.4 Å². The third-order valence-electron chi connectivity index (χ3n) is 6.89. The van der Waals surface area contributed by atoms with E-state index in [0.717, 1.165) is 46.4 Å². The Labute approximate surface area is 232 Å². The molecule has 0 spiro atoms.